The summed E-state index contributed by atoms with van der Waals surface area (Å²) in [4.78, 5) is 14.6. The predicted octanol–water partition coefficient (Wildman–Crippen LogP) is 2.58. The highest BCUT2D eigenvalue weighted by atomic mass is 79.9. The Kier molecular flexibility index (Phi) is 4.38. The van der Waals surface area contributed by atoms with Crippen molar-refractivity contribution in [3.05, 3.63) is 17.3 Å². The van der Waals surface area contributed by atoms with Gasteiger partial charge in [0.2, 0.25) is 5.75 Å². The van der Waals surface area contributed by atoms with Crippen LogP contribution < -0.4 is 9.47 Å². The summed E-state index contributed by atoms with van der Waals surface area (Å²) in [5, 5.41) is 9.02. The van der Waals surface area contributed by atoms with E-state index in [1.54, 1.807) is 0 Å². The smallest absolute Gasteiger partial charge is 0.478 e. The molecule has 0 atom stereocenters. The van der Waals surface area contributed by atoms with E-state index in [9.17, 15) is 18.0 Å². The molecule has 1 N–H and O–H groups in total. The van der Waals surface area contributed by atoms with Gasteiger partial charge in [-0.05, 0) is 6.07 Å². The predicted molar refractivity (Wildman–Crippen MR) is 57.1 cm³/mol. The second kappa shape index (κ2) is 5.42. The molecule has 0 amide bonds. The van der Waals surface area contributed by atoms with Gasteiger partial charge in [-0.3, -0.25) is 0 Å². The number of ether oxygens (including phenoxy) is 2. The van der Waals surface area contributed by atoms with E-state index in [0.717, 1.165) is 13.2 Å². The zero-order valence-corrected chi connectivity index (χ0v) is 10.5. The van der Waals surface area contributed by atoms with Crippen LogP contribution in [-0.4, -0.2) is 29.5 Å². The molecule has 1 aromatic rings. The number of pyridine rings is 1. The number of halogens is 4. The normalized spacial score (nSPS) is 11.2. The Morgan fingerprint density at radius 3 is 2.56 bits per heavy atom. The monoisotopic (exact) mass is 329 g/mol. The molecule has 9 heteroatoms. The molecule has 100 valence electrons. The topological polar surface area (TPSA) is 68.7 Å². The van der Waals surface area contributed by atoms with Gasteiger partial charge in [-0.25, -0.2) is 9.78 Å². The Morgan fingerprint density at radius 1 is 1.56 bits per heavy atom. The molecule has 0 aromatic carbocycles. The molecule has 0 saturated carbocycles. The molecular weight excluding hydrogens is 323 g/mol. The third kappa shape index (κ3) is 3.49. The lowest BCUT2D eigenvalue weighted by atomic mass is 10.2. The van der Waals surface area contributed by atoms with Crippen molar-refractivity contribution >= 4 is 21.9 Å². The Morgan fingerprint density at radius 2 is 2.17 bits per heavy atom. The van der Waals surface area contributed by atoms with Crippen LogP contribution in [0.2, 0.25) is 0 Å². The van der Waals surface area contributed by atoms with Crippen LogP contribution in [-0.2, 0) is 5.33 Å². The molecule has 0 aliphatic carbocycles. The molecule has 1 heterocycles. The van der Waals surface area contributed by atoms with E-state index in [2.05, 4.69) is 30.4 Å². The summed E-state index contributed by atoms with van der Waals surface area (Å²) >= 11 is 3.02. The first kappa shape index (κ1) is 14.6. The molecule has 18 heavy (non-hydrogen) atoms. The summed E-state index contributed by atoms with van der Waals surface area (Å²) in [6.45, 7) is 0. The second-order valence-electron chi connectivity index (χ2n) is 2.99. The molecule has 0 aliphatic heterocycles. The van der Waals surface area contributed by atoms with E-state index in [1.807, 2.05) is 0 Å². The SMILES string of the molecule is COc1nc(CBr)cc(C(=O)O)c1OC(F)(F)F. The van der Waals surface area contributed by atoms with Crippen LogP contribution in [0.3, 0.4) is 0 Å². The summed E-state index contributed by atoms with van der Waals surface area (Å²) in [5.41, 5.74) is -0.465. The highest BCUT2D eigenvalue weighted by molar-refractivity contribution is 9.08. The van der Waals surface area contributed by atoms with Gasteiger partial charge in [0.1, 0.15) is 5.56 Å². The lowest BCUT2D eigenvalue weighted by Gasteiger charge is -2.14. The fraction of sp³-hybridized carbons (Fsp3) is 0.333. The molecule has 0 fully saturated rings. The Hall–Kier alpha value is -1.51. The third-order valence-electron chi connectivity index (χ3n) is 1.77. The minimum Gasteiger partial charge on any atom is -0.478 e. The van der Waals surface area contributed by atoms with Gasteiger partial charge in [0, 0.05) is 5.33 Å². The van der Waals surface area contributed by atoms with Crippen LogP contribution in [0.4, 0.5) is 13.2 Å². The number of hydrogen-bond donors (Lipinski definition) is 1. The van der Waals surface area contributed by atoms with Crippen molar-refractivity contribution in [2.75, 3.05) is 7.11 Å². The van der Waals surface area contributed by atoms with Gasteiger partial charge >= 0.3 is 12.3 Å². The number of carboxylic acid groups (broad SMARTS) is 1. The number of methoxy groups -OCH3 is 1. The quantitative estimate of drug-likeness (QED) is 0.860. The first-order chi connectivity index (χ1) is 8.28. The summed E-state index contributed by atoms with van der Waals surface area (Å²) in [7, 11) is 1.06. The van der Waals surface area contributed by atoms with Crippen molar-refractivity contribution in [3.63, 3.8) is 0 Å². The number of aromatic carboxylic acids is 1. The fourth-order valence-electron chi connectivity index (χ4n) is 1.14. The largest absolute Gasteiger partial charge is 0.573 e. The molecule has 1 rings (SSSR count). The molecule has 0 saturated heterocycles. The van der Waals surface area contributed by atoms with Gasteiger partial charge in [0.05, 0.1) is 12.8 Å². The molecule has 5 nitrogen and oxygen atoms in total. The Labute approximate surface area is 108 Å². The second-order valence-corrected chi connectivity index (χ2v) is 3.55. The van der Waals surface area contributed by atoms with Crippen molar-refractivity contribution in [3.8, 4) is 11.6 Å². The zero-order valence-electron chi connectivity index (χ0n) is 8.92. The number of hydrogen-bond acceptors (Lipinski definition) is 4. The third-order valence-corrected chi connectivity index (χ3v) is 2.35. The number of alkyl halides is 4. The minimum absolute atomic E-state index is 0.163. The summed E-state index contributed by atoms with van der Waals surface area (Å²) in [5.74, 6) is -3.08. The van der Waals surface area contributed by atoms with Crippen LogP contribution in [0.5, 0.6) is 11.6 Å². The van der Waals surface area contributed by atoms with Gasteiger partial charge in [-0.1, -0.05) is 15.9 Å². The van der Waals surface area contributed by atoms with Crippen LogP contribution in [0.25, 0.3) is 0 Å². The lowest BCUT2D eigenvalue weighted by Crippen LogP contribution is -2.20. The maximum atomic E-state index is 12.2. The van der Waals surface area contributed by atoms with E-state index >= 15 is 0 Å². The maximum Gasteiger partial charge on any atom is 0.573 e. The molecule has 0 radical (unpaired) electrons. The first-order valence-corrected chi connectivity index (χ1v) is 5.53. The number of carbonyl (C=O) groups is 1. The van der Waals surface area contributed by atoms with E-state index < -0.39 is 29.5 Å². The Balaban J connectivity index is 3.39. The molecule has 0 aliphatic rings. The van der Waals surface area contributed by atoms with Crippen LogP contribution >= 0.6 is 15.9 Å². The standard InChI is InChI=1S/C9H7BrF3NO4/c1-17-7-6(18-9(11,12)13)5(8(15)16)2-4(3-10)14-7/h2H,3H2,1H3,(H,15,16). The van der Waals surface area contributed by atoms with E-state index in [4.69, 9.17) is 5.11 Å². The summed E-state index contributed by atoms with van der Waals surface area (Å²) in [6, 6.07) is 0.973. The minimum atomic E-state index is -5.03. The van der Waals surface area contributed by atoms with Crippen molar-refractivity contribution in [2.24, 2.45) is 0 Å². The lowest BCUT2D eigenvalue weighted by molar-refractivity contribution is -0.275. The van der Waals surface area contributed by atoms with Crippen molar-refractivity contribution in [2.45, 2.75) is 11.7 Å². The number of aromatic nitrogens is 1. The van der Waals surface area contributed by atoms with Crippen molar-refractivity contribution < 1.29 is 32.5 Å². The summed E-state index contributed by atoms with van der Waals surface area (Å²) < 4.78 is 44.8. The van der Waals surface area contributed by atoms with Crippen molar-refractivity contribution in [1.29, 1.82) is 0 Å². The summed E-state index contributed by atoms with van der Waals surface area (Å²) in [6.07, 6.45) is -5.03. The molecule has 0 bridgehead atoms. The highest BCUT2D eigenvalue weighted by Crippen LogP contribution is 2.35. The van der Waals surface area contributed by atoms with E-state index in [0.29, 0.717) is 0 Å². The average Bonchev–Trinajstić information content (AvgIpc) is 2.26. The molecule has 0 unspecified atom stereocenters. The molecule has 0 spiro atoms. The van der Waals surface area contributed by atoms with Gasteiger partial charge < -0.3 is 14.6 Å². The van der Waals surface area contributed by atoms with Gasteiger partial charge in [-0.15, -0.1) is 13.2 Å². The van der Waals surface area contributed by atoms with E-state index in [-0.39, 0.29) is 11.0 Å². The van der Waals surface area contributed by atoms with Gasteiger partial charge in [0.25, 0.3) is 5.88 Å². The Bertz CT molecular complexity index is 464. The number of rotatable bonds is 4. The first-order valence-electron chi connectivity index (χ1n) is 4.41. The van der Waals surface area contributed by atoms with Crippen molar-refractivity contribution in [1.82, 2.24) is 4.98 Å². The highest BCUT2D eigenvalue weighted by Gasteiger charge is 2.35. The maximum absolute atomic E-state index is 12.2. The zero-order chi connectivity index (χ0) is 13.9. The van der Waals surface area contributed by atoms with Gasteiger partial charge in [0.15, 0.2) is 0 Å². The van der Waals surface area contributed by atoms with Crippen LogP contribution in [0, 0.1) is 0 Å². The molecular formula is C9H7BrF3NO4. The molecule has 1 aromatic heterocycles. The van der Waals surface area contributed by atoms with Gasteiger partial charge in [-0.2, -0.15) is 0 Å². The average molecular weight is 330 g/mol. The van der Waals surface area contributed by atoms with Crippen LogP contribution in [0.15, 0.2) is 6.07 Å². The van der Waals surface area contributed by atoms with E-state index in [1.165, 1.54) is 0 Å². The number of carboxylic acids is 1. The number of nitrogens with zero attached hydrogens (tertiary/aromatic N) is 1. The van der Waals surface area contributed by atoms with Crippen LogP contribution in [0.1, 0.15) is 16.1 Å². The fourth-order valence-corrected chi connectivity index (χ4v) is 1.43.